The molecule has 4 nitrogen and oxygen atoms in total. The number of hydrogen-bond acceptors (Lipinski definition) is 2. The van der Waals surface area contributed by atoms with Crippen LogP contribution in [0.4, 0.5) is 20.2 Å². The molecule has 3 aromatic carbocycles. The van der Waals surface area contributed by atoms with Crippen LogP contribution in [0.1, 0.15) is 21.6 Å². The molecule has 0 atom stereocenters. The molecule has 0 unspecified atom stereocenters. The monoisotopic (exact) mass is 417 g/mol. The Labute approximate surface area is 178 Å². The van der Waals surface area contributed by atoms with Crippen molar-refractivity contribution in [1.29, 1.82) is 0 Å². The molecule has 6 heteroatoms. The van der Waals surface area contributed by atoms with Crippen molar-refractivity contribution in [2.75, 3.05) is 23.8 Å². The van der Waals surface area contributed by atoms with Crippen LogP contribution in [-0.2, 0) is 13.0 Å². The molecule has 0 fully saturated rings. The number of halogens is 2. The molecule has 5 rings (SSSR count). The van der Waals surface area contributed by atoms with E-state index in [1.54, 1.807) is 24.3 Å². The number of nitrogens with one attached hydrogen (secondary N) is 1. The molecule has 1 aliphatic rings. The summed E-state index contributed by atoms with van der Waals surface area (Å²) in [7, 11) is 2.05. The average molecular weight is 417 g/mol. The third-order valence-electron chi connectivity index (χ3n) is 5.82. The lowest BCUT2D eigenvalue weighted by atomic mass is 10.1. The predicted octanol–water partition coefficient (Wildman–Crippen LogP) is 5.21. The van der Waals surface area contributed by atoms with E-state index < -0.39 is 0 Å². The predicted molar refractivity (Wildman–Crippen MR) is 119 cm³/mol. The minimum Gasteiger partial charge on any atom is -0.374 e. The number of hydrogen-bond donors (Lipinski definition) is 1. The second-order valence-corrected chi connectivity index (χ2v) is 7.91. The number of fused-ring (bicyclic) bond motifs is 2. The highest BCUT2D eigenvalue weighted by atomic mass is 19.1. The Bertz CT molecular complexity index is 1290. The number of amides is 1. The molecule has 31 heavy (non-hydrogen) atoms. The second-order valence-electron chi connectivity index (χ2n) is 7.91. The highest BCUT2D eigenvalue weighted by Gasteiger charge is 2.19. The number of carbonyl (C=O) groups is 1. The van der Waals surface area contributed by atoms with Crippen LogP contribution in [0.2, 0.25) is 0 Å². The van der Waals surface area contributed by atoms with Gasteiger partial charge in [-0.05, 0) is 72.1 Å². The lowest BCUT2D eigenvalue weighted by molar-refractivity contribution is 0.101. The zero-order valence-electron chi connectivity index (χ0n) is 17.0. The molecule has 0 aliphatic carbocycles. The van der Waals surface area contributed by atoms with Gasteiger partial charge in [0.1, 0.15) is 17.3 Å². The highest BCUT2D eigenvalue weighted by Crippen LogP contribution is 2.30. The molecule has 1 aromatic heterocycles. The minimum absolute atomic E-state index is 0.273. The standard InChI is InChI=1S/C25H21F2N3O/c1-29-11-10-17-13-21(7-9-22(17)29)28-25(31)24-14-18-12-20(27)6-8-23(18)30(24)15-16-2-4-19(26)5-3-16/h2-9,12-14H,10-11,15H2,1H3,(H,28,31). The lowest BCUT2D eigenvalue weighted by Gasteiger charge is -2.14. The van der Waals surface area contributed by atoms with Gasteiger partial charge in [0.25, 0.3) is 5.91 Å². The van der Waals surface area contributed by atoms with Gasteiger partial charge in [-0.3, -0.25) is 4.79 Å². The van der Waals surface area contributed by atoms with Gasteiger partial charge in [0.05, 0.1) is 0 Å². The third kappa shape index (κ3) is 3.65. The van der Waals surface area contributed by atoms with Gasteiger partial charge < -0.3 is 14.8 Å². The van der Waals surface area contributed by atoms with Crippen LogP contribution in [-0.4, -0.2) is 24.1 Å². The number of nitrogens with zero attached hydrogens (tertiary/aromatic N) is 2. The van der Waals surface area contributed by atoms with Gasteiger partial charge in [0, 0.05) is 42.4 Å². The van der Waals surface area contributed by atoms with Crippen LogP contribution in [0.3, 0.4) is 0 Å². The molecule has 0 radical (unpaired) electrons. The highest BCUT2D eigenvalue weighted by molar-refractivity contribution is 6.06. The summed E-state index contributed by atoms with van der Waals surface area (Å²) in [5.41, 5.74) is 5.11. The zero-order valence-corrected chi connectivity index (χ0v) is 17.0. The lowest BCUT2D eigenvalue weighted by Crippen LogP contribution is -2.17. The van der Waals surface area contributed by atoms with Gasteiger partial charge in [0.15, 0.2) is 0 Å². The van der Waals surface area contributed by atoms with Crippen LogP contribution in [0, 0.1) is 11.6 Å². The largest absolute Gasteiger partial charge is 0.374 e. The molecule has 0 spiro atoms. The second kappa shape index (κ2) is 7.54. The van der Waals surface area contributed by atoms with Gasteiger partial charge in [0.2, 0.25) is 0 Å². The van der Waals surface area contributed by atoms with E-state index in [2.05, 4.69) is 17.3 Å². The van der Waals surface area contributed by atoms with E-state index in [9.17, 15) is 13.6 Å². The fourth-order valence-corrected chi connectivity index (χ4v) is 4.21. The Morgan fingerprint density at radius 3 is 2.55 bits per heavy atom. The van der Waals surface area contributed by atoms with E-state index >= 15 is 0 Å². The van der Waals surface area contributed by atoms with Crippen molar-refractivity contribution in [3.05, 3.63) is 95.2 Å². The van der Waals surface area contributed by atoms with E-state index in [1.807, 2.05) is 22.8 Å². The first-order chi connectivity index (χ1) is 15.0. The fourth-order valence-electron chi connectivity index (χ4n) is 4.21. The molecule has 1 N–H and O–H groups in total. The first kappa shape index (κ1) is 19.3. The van der Waals surface area contributed by atoms with Crippen molar-refractivity contribution in [3.63, 3.8) is 0 Å². The molecular weight excluding hydrogens is 396 g/mol. The van der Waals surface area contributed by atoms with Gasteiger partial charge in [-0.15, -0.1) is 0 Å². The first-order valence-electron chi connectivity index (χ1n) is 10.2. The Kier molecular flexibility index (Phi) is 4.70. The first-order valence-corrected chi connectivity index (χ1v) is 10.2. The summed E-state index contributed by atoms with van der Waals surface area (Å²) >= 11 is 0. The van der Waals surface area contributed by atoms with E-state index in [0.29, 0.717) is 17.6 Å². The molecule has 4 aromatic rings. The Hall–Kier alpha value is -3.67. The van der Waals surface area contributed by atoms with Crippen LogP contribution >= 0.6 is 0 Å². The molecule has 1 aliphatic heterocycles. The summed E-state index contributed by atoms with van der Waals surface area (Å²) < 4.78 is 28.9. The van der Waals surface area contributed by atoms with E-state index in [4.69, 9.17) is 0 Å². The summed E-state index contributed by atoms with van der Waals surface area (Å²) in [6.45, 7) is 1.33. The number of rotatable bonds is 4. The quantitative estimate of drug-likeness (QED) is 0.495. The smallest absolute Gasteiger partial charge is 0.272 e. The molecule has 2 heterocycles. The Morgan fingerprint density at radius 1 is 0.968 bits per heavy atom. The fraction of sp³-hybridized carbons (Fsp3) is 0.160. The van der Waals surface area contributed by atoms with Crippen molar-refractivity contribution in [1.82, 2.24) is 4.57 Å². The maximum Gasteiger partial charge on any atom is 0.272 e. The summed E-state index contributed by atoms with van der Waals surface area (Å²) in [4.78, 5) is 15.4. The van der Waals surface area contributed by atoms with Crippen molar-refractivity contribution >= 4 is 28.2 Å². The van der Waals surface area contributed by atoms with E-state index in [0.717, 1.165) is 29.7 Å². The summed E-state index contributed by atoms with van der Waals surface area (Å²) in [5, 5.41) is 3.62. The number of benzene rings is 3. The number of likely N-dealkylation sites (N-methyl/N-ethyl adjacent to an activating group) is 1. The number of aromatic nitrogens is 1. The Balaban J connectivity index is 1.50. The summed E-state index contributed by atoms with van der Waals surface area (Å²) in [6, 6.07) is 18.2. The average Bonchev–Trinajstić information content (AvgIpc) is 3.30. The molecular formula is C25H21F2N3O. The molecule has 0 saturated heterocycles. The Morgan fingerprint density at radius 2 is 1.74 bits per heavy atom. The molecule has 0 bridgehead atoms. The van der Waals surface area contributed by atoms with Crippen molar-refractivity contribution in [3.8, 4) is 0 Å². The summed E-state index contributed by atoms with van der Waals surface area (Å²) in [5.74, 6) is -0.949. The molecule has 1 amide bonds. The topological polar surface area (TPSA) is 37.3 Å². The van der Waals surface area contributed by atoms with Crippen LogP contribution < -0.4 is 10.2 Å². The van der Waals surface area contributed by atoms with Crippen molar-refractivity contribution in [2.45, 2.75) is 13.0 Å². The summed E-state index contributed by atoms with van der Waals surface area (Å²) in [6.07, 6.45) is 0.944. The van der Waals surface area contributed by atoms with E-state index in [-0.39, 0.29) is 17.5 Å². The molecule has 156 valence electrons. The van der Waals surface area contributed by atoms with Crippen molar-refractivity contribution in [2.24, 2.45) is 0 Å². The minimum atomic E-state index is -0.360. The maximum absolute atomic E-state index is 13.8. The van der Waals surface area contributed by atoms with E-state index in [1.165, 1.54) is 35.5 Å². The van der Waals surface area contributed by atoms with Crippen LogP contribution in [0.5, 0.6) is 0 Å². The SMILES string of the molecule is CN1CCc2cc(NC(=O)c3cc4cc(F)ccc4n3Cc3ccc(F)cc3)ccc21. The van der Waals surface area contributed by atoms with Crippen LogP contribution in [0.15, 0.2) is 66.7 Å². The zero-order chi connectivity index (χ0) is 21.5. The maximum atomic E-state index is 13.8. The van der Waals surface area contributed by atoms with Gasteiger partial charge in [-0.1, -0.05) is 12.1 Å². The van der Waals surface area contributed by atoms with Crippen molar-refractivity contribution < 1.29 is 13.6 Å². The number of anilines is 2. The van der Waals surface area contributed by atoms with Gasteiger partial charge >= 0.3 is 0 Å². The molecule has 0 saturated carbocycles. The van der Waals surface area contributed by atoms with Gasteiger partial charge in [-0.25, -0.2) is 8.78 Å². The third-order valence-corrected chi connectivity index (χ3v) is 5.82. The van der Waals surface area contributed by atoms with Crippen LogP contribution in [0.25, 0.3) is 10.9 Å². The number of carbonyl (C=O) groups excluding carboxylic acids is 1. The van der Waals surface area contributed by atoms with Gasteiger partial charge in [-0.2, -0.15) is 0 Å². The normalized spacial score (nSPS) is 12.9.